The van der Waals surface area contributed by atoms with E-state index in [1.54, 1.807) is 19.1 Å². The van der Waals surface area contributed by atoms with Crippen LogP contribution in [-0.2, 0) is 17.6 Å². The van der Waals surface area contributed by atoms with Gasteiger partial charge in [0, 0.05) is 4.88 Å². The molecule has 118 valence electrons. The summed E-state index contributed by atoms with van der Waals surface area (Å²) >= 11 is 1.28. The predicted molar refractivity (Wildman–Crippen MR) is 84.4 cm³/mol. The Morgan fingerprint density at radius 3 is 2.68 bits per heavy atom. The van der Waals surface area contributed by atoms with E-state index < -0.39 is 11.6 Å². The lowest BCUT2D eigenvalue weighted by atomic mass is 9.91. The maximum absolute atomic E-state index is 13.8. The van der Waals surface area contributed by atoms with Crippen molar-refractivity contribution in [3.05, 3.63) is 45.8 Å². The van der Waals surface area contributed by atoms with E-state index in [9.17, 15) is 13.6 Å². The maximum Gasteiger partial charge on any atom is 0.348 e. The van der Waals surface area contributed by atoms with Gasteiger partial charge >= 0.3 is 5.97 Å². The number of rotatable bonds is 2. The molecule has 0 radical (unpaired) electrons. The van der Waals surface area contributed by atoms with Crippen molar-refractivity contribution in [2.24, 2.45) is 0 Å². The molecule has 0 spiro atoms. The van der Waals surface area contributed by atoms with Crippen LogP contribution in [0.1, 0.15) is 41.6 Å². The van der Waals surface area contributed by atoms with Crippen LogP contribution in [0.15, 0.2) is 18.2 Å². The van der Waals surface area contributed by atoms with Crippen LogP contribution < -0.4 is 0 Å². The molecular weight excluding hydrogens is 306 g/mol. The summed E-state index contributed by atoms with van der Waals surface area (Å²) < 4.78 is 32.0. The molecule has 0 aliphatic heterocycles. The quantitative estimate of drug-likeness (QED) is 0.727. The second kappa shape index (κ2) is 7.01. The normalized spacial score (nSPS) is 11.9. The molecule has 1 heterocycles. The van der Waals surface area contributed by atoms with Gasteiger partial charge in [0.05, 0.1) is 6.61 Å². The monoisotopic (exact) mass is 324 g/mol. The van der Waals surface area contributed by atoms with E-state index >= 15 is 0 Å². The van der Waals surface area contributed by atoms with E-state index in [-0.39, 0.29) is 5.97 Å². The lowest BCUT2D eigenvalue weighted by Crippen LogP contribution is -2.05. The standard InChI is InChI=1S/C15H12F2O2S.C2H6/c1-2-19-15(18)12-7-8-3-4-9-10(14(8)20-12)5-6-11(16)13(9)17;1-2/h5-7H,2-4H2,1H3;1-2H3. The molecule has 1 aromatic carbocycles. The Morgan fingerprint density at radius 1 is 1.27 bits per heavy atom. The molecule has 0 saturated carbocycles. The zero-order valence-corrected chi connectivity index (χ0v) is 13.7. The second-order valence-corrected chi connectivity index (χ2v) is 5.63. The molecule has 0 unspecified atom stereocenters. The molecule has 0 saturated heterocycles. The lowest BCUT2D eigenvalue weighted by Gasteiger charge is -2.16. The minimum Gasteiger partial charge on any atom is -0.462 e. The Bertz CT molecular complexity index is 692. The fourth-order valence-corrected chi connectivity index (χ4v) is 3.61. The average molecular weight is 324 g/mol. The number of thiophene rings is 1. The van der Waals surface area contributed by atoms with Gasteiger partial charge in [0.2, 0.25) is 0 Å². The van der Waals surface area contributed by atoms with Gasteiger partial charge in [0.1, 0.15) is 4.88 Å². The molecule has 0 fully saturated rings. The summed E-state index contributed by atoms with van der Waals surface area (Å²) in [7, 11) is 0. The van der Waals surface area contributed by atoms with Gasteiger partial charge in [-0.15, -0.1) is 11.3 Å². The number of aryl methyl sites for hydroxylation is 1. The molecule has 5 heteroatoms. The summed E-state index contributed by atoms with van der Waals surface area (Å²) in [4.78, 5) is 13.1. The maximum atomic E-state index is 13.8. The molecule has 0 N–H and O–H groups in total. The first-order valence-electron chi connectivity index (χ1n) is 7.39. The average Bonchev–Trinajstić information content (AvgIpc) is 2.97. The van der Waals surface area contributed by atoms with Gasteiger partial charge in [-0.2, -0.15) is 0 Å². The highest BCUT2D eigenvalue weighted by Gasteiger charge is 2.25. The Hall–Kier alpha value is -1.75. The van der Waals surface area contributed by atoms with Crippen molar-refractivity contribution in [1.82, 2.24) is 0 Å². The molecule has 0 amide bonds. The summed E-state index contributed by atoms with van der Waals surface area (Å²) in [5.41, 5.74) is 2.08. The second-order valence-electron chi connectivity index (χ2n) is 4.57. The van der Waals surface area contributed by atoms with Gasteiger partial charge in [0.15, 0.2) is 11.6 Å². The molecule has 1 aliphatic carbocycles. The van der Waals surface area contributed by atoms with E-state index in [1.165, 1.54) is 11.3 Å². The molecule has 0 bridgehead atoms. The highest BCUT2D eigenvalue weighted by Crippen LogP contribution is 2.41. The van der Waals surface area contributed by atoms with E-state index in [1.807, 2.05) is 13.8 Å². The topological polar surface area (TPSA) is 26.3 Å². The highest BCUT2D eigenvalue weighted by atomic mass is 32.1. The third-order valence-electron chi connectivity index (χ3n) is 3.37. The number of hydrogen-bond donors (Lipinski definition) is 0. The summed E-state index contributed by atoms with van der Waals surface area (Å²) in [6.07, 6.45) is 1.06. The Labute approximate surface area is 132 Å². The fraction of sp³-hybridized carbons (Fsp3) is 0.353. The molecule has 2 nitrogen and oxygen atoms in total. The van der Waals surface area contributed by atoms with Crippen molar-refractivity contribution in [2.75, 3.05) is 6.61 Å². The summed E-state index contributed by atoms with van der Waals surface area (Å²) in [6.45, 7) is 6.07. The summed E-state index contributed by atoms with van der Waals surface area (Å²) in [5.74, 6) is -1.97. The minimum atomic E-state index is -0.825. The number of carbonyl (C=O) groups is 1. The van der Waals surface area contributed by atoms with E-state index in [0.717, 1.165) is 16.5 Å². The van der Waals surface area contributed by atoms with Crippen LogP contribution >= 0.6 is 11.3 Å². The predicted octanol–water partition coefficient (Wildman–Crippen LogP) is 4.99. The van der Waals surface area contributed by atoms with Crippen molar-refractivity contribution in [1.29, 1.82) is 0 Å². The number of hydrogen-bond acceptors (Lipinski definition) is 3. The third-order valence-corrected chi connectivity index (χ3v) is 4.56. The summed E-state index contributed by atoms with van der Waals surface area (Å²) in [5, 5.41) is 0. The smallest absolute Gasteiger partial charge is 0.348 e. The third kappa shape index (κ3) is 2.90. The van der Waals surface area contributed by atoms with Crippen LogP contribution in [0.3, 0.4) is 0 Å². The van der Waals surface area contributed by atoms with Crippen LogP contribution in [0, 0.1) is 11.6 Å². The Balaban J connectivity index is 0.000000847. The molecule has 0 atom stereocenters. The Kier molecular flexibility index (Phi) is 5.29. The number of benzene rings is 1. The number of ether oxygens (including phenoxy) is 1. The first-order valence-corrected chi connectivity index (χ1v) is 8.20. The zero-order valence-electron chi connectivity index (χ0n) is 12.8. The van der Waals surface area contributed by atoms with Gasteiger partial charge in [0.25, 0.3) is 0 Å². The van der Waals surface area contributed by atoms with Gasteiger partial charge < -0.3 is 4.74 Å². The number of fused-ring (bicyclic) bond motifs is 3. The lowest BCUT2D eigenvalue weighted by molar-refractivity contribution is 0.0532. The molecule has 1 aromatic heterocycles. The first-order chi connectivity index (χ1) is 10.6. The molecule has 22 heavy (non-hydrogen) atoms. The van der Waals surface area contributed by atoms with Gasteiger partial charge in [-0.25, -0.2) is 13.6 Å². The van der Waals surface area contributed by atoms with E-state index in [2.05, 4.69) is 0 Å². The number of halogens is 2. The molecular formula is C17H18F2O2S. The summed E-state index contributed by atoms with van der Waals surface area (Å²) in [6, 6.07) is 4.51. The Morgan fingerprint density at radius 2 is 2.00 bits per heavy atom. The fourth-order valence-electron chi connectivity index (χ4n) is 2.45. The zero-order chi connectivity index (χ0) is 16.3. The number of esters is 1. The van der Waals surface area contributed by atoms with Gasteiger partial charge in [-0.05, 0) is 48.6 Å². The molecule has 3 rings (SSSR count). The van der Waals surface area contributed by atoms with Gasteiger partial charge in [-0.1, -0.05) is 19.9 Å². The molecule has 1 aliphatic rings. The van der Waals surface area contributed by atoms with E-state index in [4.69, 9.17) is 4.74 Å². The highest BCUT2D eigenvalue weighted by molar-refractivity contribution is 7.17. The first kappa shape index (κ1) is 16.6. The number of carbonyl (C=O) groups excluding carboxylic acids is 1. The van der Waals surface area contributed by atoms with Crippen LogP contribution in [0.5, 0.6) is 0 Å². The minimum absolute atomic E-state index is 0.317. The van der Waals surface area contributed by atoms with Crippen molar-refractivity contribution in [3.63, 3.8) is 0 Å². The van der Waals surface area contributed by atoms with Crippen molar-refractivity contribution < 1.29 is 18.3 Å². The van der Waals surface area contributed by atoms with Crippen LogP contribution in [-0.4, -0.2) is 12.6 Å². The van der Waals surface area contributed by atoms with Crippen LogP contribution in [0.2, 0.25) is 0 Å². The van der Waals surface area contributed by atoms with Crippen molar-refractivity contribution in [3.8, 4) is 10.4 Å². The largest absolute Gasteiger partial charge is 0.462 e. The SMILES string of the molecule is CC.CCOC(=O)c1cc2c(s1)-c1ccc(F)c(F)c1CC2. The van der Waals surface area contributed by atoms with Crippen molar-refractivity contribution >= 4 is 17.3 Å². The van der Waals surface area contributed by atoms with Crippen LogP contribution in [0.4, 0.5) is 8.78 Å². The van der Waals surface area contributed by atoms with Gasteiger partial charge in [-0.3, -0.25) is 0 Å². The van der Waals surface area contributed by atoms with Crippen molar-refractivity contribution in [2.45, 2.75) is 33.6 Å². The molecule has 2 aromatic rings. The van der Waals surface area contributed by atoms with Crippen LogP contribution in [0.25, 0.3) is 10.4 Å². The van der Waals surface area contributed by atoms with E-state index in [0.29, 0.717) is 35.5 Å².